The van der Waals surface area contributed by atoms with Crippen LogP contribution < -0.4 is 10.6 Å². The van der Waals surface area contributed by atoms with E-state index in [9.17, 15) is 0 Å². The Morgan fingerprint density at radius 3 is 3.05 bits per heavy atom. The van der Waals surface area contributed by atoms with Gasteiger partial charge in [-0.25, -0.2) is 4.98 Å². The van der Waals surface area contributed by atoms with Gasteiger partial charge < -0.3 is 10.6 Å². The van der Waals surface area contributed by atoms with Crippen molar-refractivity contribution in [2.24, 2.45) is 0 Å². The molecule has 20 heavy (non-hydrogen) atoms. The Hall–Kier alpha value is -1.63. The van der Waals surface area contributed by atoms with Gasteiger partial charge in [-0.15, -0.1) is 0 Å². The Bertz CT molecular complexity index is 597. The summed E-state index contributed by atoms with van der Waals surface area (Å²) in [7, 11) is 0. The van der Waals surface area contributed by atoms with Gasteiger partial charge in [0.1, 0.15) is 5.82 Å². The molecule has 1 fully saturated rings. The van der Waals surface area contributed by atoms with E-state index in [4.69, 9.17) is 5.73 Å². The van der Waals surface area contributed by atoms with E-state index in [-0.39, 0.29) is 0 Å². The predicted octanol–water partition coefficient (Wildman–Crippen LogP) is 2.24. The predicted molar refractivity (Wildman–Crippen MR) is 81.7 cm³/mol. The number of nitrogen functional groups attached to an aromatic ring is 1. The average molecular weight is 337 g/mol. The Labute approximate surface area is 125 Å². The lowest BCUT2D eigenvalue weighted by Gasteiger charge is -2.33. The normalized spacial score (nSPS) is 19.3. The van der Waals surface area contributed by atoms with Crippen LogP contribution in [0, 0.1) is 6.92 Å². The molecular weight excluding hydrogens is 320 g/mol. The summed E-state index contributed by atoms with van der Waals surface area (Å²) < 4.78 is 0.928. The minimum Gasteiger partial charge on any atom is -0.368 e. The fourth-order valence-electron chi connectivity index (χ4n) is 2.69. The number of hydrogen-bond donors (Lipinski definition) is 2. The summed E-state index contributed by atoms with van der Waals surface area (Å²) in [6, 6.07) is 2.04. The zero-order chi connectivity index (χ0) is 14.1. The third-order valence-corrected chi connectivity index (χ3v) is 4.63. The molecule has 1 unspecified atom stereocenters. The number of H-pyrrole nitrogens is 1. The van der Waals surface area contributed by atoms with E-state index in [1.165, 1.54) is 5.69 Å². The molecule has 0 spiro atoms. The van der Waals surface area contributed by atoms with E-state index in [1.54, 1.807) is 6.20 Å². The molecule has 1 saturated heterocycles. The number of aromatic amines is 1. The van der Waals surface area contributed by atoms with Crippen molar-refractivity contribution in [2.75, 3.05) is 23.7 Å². The molecule has 0 bridgehead atoms. The molecule has 0 saturated carbocycles. The van der Waals surface area contributed by atoms with E-state index in [2.05, 4.69) is 41.0 Å². The number of piperidine rings is 1. The van der Waals surface area contributed by atoms with Crippen LogP contribution in [0.15, 0.2) is 16.7 Å². The second-order valence-electron chi connectivity index (χ2n) is 5.10. The van der Waals surface area contributed by atoms with Gasteiger partial charge >= 0.3 is 0 Å². The summed E-state index contributed by atoms with van der Waals surface area (Å²) in [5.41, 5.74) is 7.83. The fourth-order valence-corrected chi connectivity index (χ4v) is 3.12. The van der Waals surface area contributed by atoms with Crippen LogP contribution in [0.25, 0.3) is 0 Å². The monoisotopic (exact) mass is 336 g/mol. The lowest BCUT2D eigenvalue weighted by molar-refractivity contribution is 0.497. The molecule has 3 N–H and O–H groups in total. The second-order valence-corrected chi connectivity index (χ2v) is 5.89. The van der Waals surface area contributed by atoms with Gasteiger partial charge in [-0.3, -0.25) is 5.10 Å². The SMILES string of the molecule is Cc1nc(N)nc(N2CCCC(c3ccn[nH]3)C2)c1Br. The highest BCUT2D eigenvalue weighted by atomic mass is 79.9. The summed E-state index contributed by atoms with van der Waals surface area (Å²) in [4.78, 5) is 10.8. The van der Waals surface area contributed by atoms with Crippen molar-refractivity contribution in [3.63, 3.8) is 0 Å². The first-order valence-corrected chi connectivity index (χ1v) is 7.48. The van der Waals surface area contributed by atoms with Gasteiger partial charge in [0, 0.05) is 30.9 Å². The summed E-state index contributed by atoms with van der Waals surface area (Å²) >= 11 is 3.58. The molecular formula is C13H17BrN6. The number of aromatic nitrogens is 4. The maximum atomic E-state index is 5.78. The molecule has 1 atom stereocenters. The zero-order valence-electron chi connectivity index (χ0n) is 11.3. The van der Waals surface area contributed by atoms with Crippen molar-refractivity contribution in [1.29, 1.82) is 0 Å². The smallest absolute Gasteiger partial charge is 0.222 e. The topological polar surface area (TPSA) is 83.7 Å². The van der Waals surface area contributed by atoms with Crippen molar-refractivity contribution in [1.82, 2.24) is 20.2 Å². The van der Waals surface area contributed by atoms with Crippen LogP contribution in [-0.4, -0.2) is 33.3 Å². The van der Waals surface area contributed by atoms with Crippen molar-refractivity contribution >= 4 is 27.7 Å². The van der Waals surface area contributed by atoms with Gasteiger partial charge in [-0.05, 0) is 41.8 Å². The van der Waals surface area contributed by atoms with Gasteiger partial charge in [0.2, 0.25) is 5.95 Å². The van der Waals surface area contributed by atoms with Crippen LogP contribution in [-0.2, 0) is 0 Å². The first kappa shape index (κ1) is 13.4. The zero-order valence-corrected chi connectivity index (χ0v) is 12.9. The van der Waals surface area contributed by atoms with Gasteiger partial charge in [0.15, 0.2) is 0 Å². The maximum absolute atomic E-state index is 5.78. The quantitative estimate of drug-likeness (QED) is 0.878. The third kappa shape index (κ3) is 2.49. The number of rotatable bonds is 2. The first-order valence-electron chi connectivity index (χ1n) is 6.69. The van der Waals surface area contributed by atoms with Crippen LogP contribution in [0.5, 0.6) is 0 Å². The molecule has 6 nitrogen and oxygen atoms in total. The summed E-state index contributed by atoms with van der Waals surface area (Å²) in [5, 5.41) is 7.11. The van der Waals surface area contributed by atoms with Crippen molar-refractivity contribution in [3.05, 3.63) is 28.1 Å². The lowest BCUT2D eigenvalue weighted by Crippen LogP contribution is -2.35. The summed E-state index contributed by atoms with van der Waals surface area (Å²) in [5.74, 6) is 1.67. The van der Waals surface area contributed by atoms with E-state index in [0.717, 1.165) is 41.9 Å². The molecule has 7 heteroatoms. The number of aryl methyl sites for hydroxylation is 1. The Balaban J connectivity index is 1.87. The van der Waals surface area contributed by atoms with Gasteiger partial charge in [-0.1, -0.05) is 0 Å². The van der Waals surface area contributed by atoms with Crippen LogP contribution in [0.1, 0.15) is 30.1 Å². The fraction of sp³-hybridized carbons (Fsp3) is 0.462. The molecule has 0 aliphatic carbocycles. The molecule has 2 aromatic heterocycles. The Kier molecular flexibility index (Phi) is 3.60. The maximum Gasteiger partial charge on any atom is 0.222 e. The lowest BCUT2D eigenvalue weighted by atomic mass is 9.95. The van der Waals surface area contributed by atoms with E-state index >= 15 is 0 Å². The number of hydrogen-bond acceptors (Lipinski definition) is 5. The second kappa shape index (κ2) is 5.40. The highest BCUT2D eigenvalue weighted by Crippen LogP contribution is 2.33. The average Bonchev–Trinajstić information content (AvgIpc) is 2.97. The third-order valence-electron chi connectivity index (χ3n) is 3.70. The van der Waals surface area contributed by atoms with E-state index < -0.39 is 0 Å². The standard InChI is InChI=1S/C13H17BrN6/c1-8-11(14)12(18-13(15)17-8)20-6-2-3-9(7-20)10-4-5-16-19-10/h4-5,9H,2-3,6-7H2,1H3,(H,16,19)(H2,15,17,18). The molecule has 3 rings (SSSR count). The Morgan fingerprint density at radius 1 is 1.45 bits per heavy atom. The van der Waals surface area contributed by atoms with Crippen LogP contribution in [0.2, 0.25) is 0 Å². The highest BCUT2D eigenvalue weighted by Gasteiger charge is 2.25. The summed E-state index contributed by atoms with van der Waals surface area (Å²) in [6.45, 7) is 3.83. The van der Waals surface area contributed by atoms with Gasteiger partial charge in [0.05, 0.1) is 10.2 Å². The van der Waals surface area contributed by atoms with Crippen LogP contribution in [0.3, 0.4) is 0 Å². The molecule has 0 aromatic carbocycles. The number of nitrogens with zero attached hydrogens (tertiary/aromatic N) is 4. The first-order chi connectivity index (χ1) is 9.65. The van der Waals surface area contributed by atoms with E-state index in [0.29, 0.717) is 11.9 Å². The number of anilines is 2. The molecule has 0 radical (unpaired) electrons. The molecule has 0 amide bonds. The summed E-state index contributed by atoms with van der Waals surface area (Å²) in [6.07, 6.45) is 4.09. The van der Waals surface area contributed by atoms with Gasteiger partial charge in [0.25, 0.3) is 0 Å². The van der Waals surface area contributed by atoms with Crippen LogP contribution in [0.4, 0.5) is 11.8 Å². The largest absolute Gasteiger partial charge is 0.368 e. The van der Waals surface area contributed by atoms with Crippen LogP contribution >= 0.6 is 15.9 Å². The van der Waals surface area contributed by atoms with Crippen molar-refractivity contribution in [3.8, 4) is 0 Å². The molecule has 106 valence electrons. The number of nitrogens with two attached hydrogens (primary N) is 1. The number of halogens is 1. The molecule has 1 aliphatic rings. The highest BCUT2D eigenvalue weighted by molar-refractivity contribution is 9.10. The van der Waals surface area contributed by atoms with Crippen molar-refractivity contribution in [2.45, 2.75) is 25.7 Å². The van der Waals surface area contributed by atoms with E-state index in [1.807, 2.05) is 13.0 Å². The molecule has 3 heterocycles. The number of nitrogens with one attached hydrogen (secondary N) is 1. The van der Waals surface area contributed by atoms with Gasteiger partial charge in [-0.2, -0.15) is 10.1 Å². The van der Waals surface area contributed by atoms with Crippen molar-refractivity contribution < 1.29 is 0 Å². The molecule has 2 aromatic rings. The molecule has 1 aliphatic heterocycles. The minimum absolute atomic E-state index is 0.323. The minimum atomic E-state index is 0.323. The Morgan fingerprint density at radius 2 is 2.30 bits per heavy atom.